The van der Waals surface area contributed by atoms with Crippen LogP contribution in [0.2, 0.25) is 0 Å². The maximum atomic E-state index is 13.3. The minimum atomic E-state index is -0.477. The zero-order valence-electron chi connectivity index (χ0n) is 9.14. The van der Waals surface area contributed by atoms with Crippen LogP contribution in [0.4, 0.5) is 10.1 Å². The molecule has 1 aromatic heterocycles. The number of rotatable bonds is 2. The molecule has 0 bridgehead atoms. The molecule has 0 aliphatic heterocycles. The van der Waals surface area contributed by atoms with Crippen molar-refractivity contribution in [3.05, 3.63) is 53.9 Å². The summed E-state index contributed by atoms with van der Waals surface area (Å²) in [4.78, 5) is 19.5. The highest BCUT2D eigenvalue weighted by atomic mass is 19.1. The third-order valence-corrected chi connectivity index (χ3v) is 2.28. The highest BCUT2D eigenvalue weighted by Crippen LogP contribution is 2.14. The first kappa shape index (κ1) is 11.2. The van der Waals surface area contributed by atoms with Crippen molar-refractivity contribution in [2.24, 2.45) is 0 Å². The van der Waals surface area contributed by atoms with Crippen LogP contribution >= 0.6 is 0 Å². The van der Waals surface area contributed by atoms with Crippen molar-refractivity contribution < 1.29 is 9.18 Å². The van der Waals surface area contributed by atoms with Crippen molar-refractivity contribution >= 4 is 11.6 Å². The van der Waals surface area contributed by atoms with Crippen molar-refractivity contribution in [3.8, 4) is 0 Å². The molecule has 2 rings (SSSR count). The van der Waals surface area contributed by atoms with Gasteiger partial charge in [-0.15, -0.1) is 0 Å². The molecule has 0 saturated carbocycles. The van der Waals surface area contributed by atoms with E-state index in [2.05, 4.69) is 15.3 Å². The molecule has 0 atom stereocenters. The van der Waals surface area contributed by atoms with Crippen molar-refractivity contribution in [1.29, 1.82) is 0 Å². The fraction of sp³-hybridized carbons (Fsp3) is 0.0833. The van der Waals surface area contributed by atoms with Crippen molar-refractivity contribution in [2.75, 3.05) is 5.32 Å². The zero-order chi connectivity index (χ0) is 12.3. The Morgan fingerprint density at radius 3 is 2.82 bits per heavy atom. The minimum Gasteiger partial charge on any atom is -0.319 e. The van der Waals surface area contributed by atoms with E-state index in [1.54, 1.807) is 19.1 Å². The van der Waals surface area contributed by atoms with Crippen LogP contribution in [0.25, 0.3) is 0 Å². The summed E-state index contributed by atoms with van der Waals surface area (Å²) < 4.78 is 13.3. The molecule has 1 aromatic carbocycles. The van der Waals surface area contributed by atoms with E-state index in [4.69, 9.17) is 0 Å². The lowest BCUT2D eigenvalue weighted by Gasteiger charge is -2.06. The number of nitrogens with zero attached hydrogens (tertiary/aromatic N) is 2. The largest absolute Gasteiger partial charge is 0.319 e. The van der Waals surface area contributed by atoms with Crippen LogP contribution < -0.4 is 5.32 Å². The number of hydrogen-bond acceptors (Lipinski definition) is 3. The molecule has 0 spiro atoms. The number of amides is 1. The molecule has 17 heavy (non-hydrogen) atoms. The van der Waals surface area contributed by atoms with Gasteiger partial charge in [0.25, 0.3) is 5.91 Å². The Morgan fingerprint density at radius 2 is 2.12 bits per heavy atom. The molecular formula is C12H10FN3O. The number of aromatic nitrogens is 2. The van der Waals surface area contributed by atoms with E-state index < -0.39 is 11.7 Å². The fourth-order valence-corrected chi connectivity index (χ4v) is 1.37. The highest BCUT2D eigenvalue weighted by Gasteiger charge is 2.11. The molecule has 1 amide bonds. The van der Waals surface area contributed by atoms with Gasteiger partial charge in [0.2, 0.25) is 0 Å². The molecule has 0 unspecified atom stereocenters. The van der Waals surface area contributed by atoms with Gasteiger partial charge in [-0.2, -0.15) is 0 Å². The van der Waals surface area contributed by atoms with Crippen molar-refractivity contribution in [2.45, 2.75) is 6.92 Å². The van der Waals surface area contributed by atoms with Gasteiger partial charge in [-0.1, -0.05) is 12.1 Å². The van der Waals surface area contributed by atoms with Crippen LogP contribution in [-0.2, 0) is 0 Å². The molecule has 1 heterocycles. The Labute approximate surface area is 97.5 Å². The summed E-state index contributed by atoms with van der Waals surface area (Å²) in [6.45, 7) is 1.69. The van der Waals surface area contributed by atoms with E-state index in [9.17, 15) is 9.18 Å². The fourth-order valence-electron chi connectivity index (χ4n) is 1.37. The first-order valence-electron chi connectivity index (χ1n) is 5.01. The Kier molecular flexibility index (Phi) is 3.09. The number of aryl methyl sites for hydroxylation is 1. The standard InChI is InChI=1S/C12H10FN3O/c1-8-9(6-14-7-15-8)12(17)16-11-5-3-2-4-10(11)13/h2-7H,1H3,(H,16,17). The number of carbonyl (C=O) groups excluding carboxylic acids is 1. The molecule has 1 N–H and O–H groups in total. The summed E-state index contributed by atoms with van der Waals surface area (Å²) in [7, 11) is 0. The number of nitrogens with one attached hydrogen (secondary N) is 1. The molecule has 0 fully saturated rings. The maximum absolute atomic E-state index is 13.3. The third-order valence-electron chi connectivity index (χ3n) is 2.28. The lowest BCUT2D eigenvalue weighted by atomic mass is 10.2. The molecule has 86 valence electrons. The van der Waals surface area contributed by atoms with E-state index in [0.717, 1.165) is 0 Å². The Bertz CT molecular complexity index is 557. The summed E-state index contributed by atoms with van der Waals surface area (Å²) in [5.74, 6) is -0.899. The number of carbonyl (C=O) groups is 1. The first-order valence-corrected chi connectivity index (χ1v) is 5.01. The molecule has 0 saturated heterocycles. The van der Waals surface area contributed by atoms with Gasteiger partial charge >= 0.3 is 0 Å². The van der Waals surface area contributed by atoms with Gasteiger partial charge in [-0.3, -0.25) is 4.79 Å². The second kappa shape index (κ2) is 4.69. The normalized spacial score (nSPS) is 10.0. The van der Waals surface area contributed by atoms with Gasteiger partial charge in [0.1, 0.15) is 12.1 Å². The summed E-state index contributed by atoms with van der Waals surface area (Å²) >= 11 is 0. The van der Waals surface area contributed by atoms with Gasteiger partial charge in [0.05, 0.1) is 16.9 Å². The van der Waals surface area contributed by atoms with Crippen LogP contribution in [-0.4, -0.2) is 15.9 Å². The second-order valence-corrected chi connectivity index (χ2v) is 3.46. The maximum Gasteiger partial charge on any atom is 0.259 e. The van der Waals surface area contributed by atoms with Crippen LogP contribution in [0, 0.1) is 12.7 Å². The average Bonchev–Trinajstić information content (AvgIpc) is 2.32. The summed E-state index contributed by atoms with van der Waals surface area (Å²) in [5, 5.41) is 2.47. The highest BCUT2D eigenvalue weighted by molar-refractivity contribution is 6.04. The monoisotopic (exact) mass is 231 g/mol. The lowest BCUT2D eigenvalue weighted by Crippen LogP contribution is -2.15. The zero-order valence-corrected chi connectivity index (χ0v) is 9.14. The molecule has 0 aliphatic carbocycles. The number of anilines is 1. The smallest absolute Gasteiger partial charge is 0.259 e. The predicted octanol–water partition coefficient (Wildman–Crippen LogP) is 2.18. The van der Waals surface area contributed by atoms with E-state index in [-0.39, 0.29) is 5.69 Å². The van der Waals surface area contributed by atoms with Gasteiger partial charge in [-0.25, -0.2) is 14.4 Å². The second-order valence-electron chi connectivity index (χ2n) is 3.46. The van der Waals surface area contributed by atoms with Gasteiger partial charge in [0, 0.05) is 6.20 Å². The topological polar surface area (TPSA) is 54.9 Å². The summed E-state index contributed by atoms with van der Waals surface area (Å²) in [5.41, 5.74) is 1.02. The van der Waals surface area contributed by atoms with E-state index in [0.29, 0.717) is 11.3 Å². The Morgan fingerprint density at radius 1 is 1.35 bits per heavy atom. The summed E-state index contributed by atoms with van der Waals surface area (Å²) in [6, 6.07) is 5.98. The van der Waals surface area contributed by atoms with Gasteiger partial charge in [0.15, 0.2) is 0 Å². The number of hydrogen-bond donors (Lipinski definition) is 1. The van der Waals surface area contributed by atoms with Crippen LogP contribution in [0.5, 0.6) is 0 Å². The molecule has 5 heteroatoms. The van der Waals surface area contributed by atoms with Crippen molar-refractivity contribution in [3.63, 3.8) is 0 Å². The van der Waals surface area contributed by atoms with E-state index in [1.807, 2.05) is 0 Å². The van der Waals surface area contributed by atoms with Crippen LogP contribution in [0.1, 0.15) is 16.1 Å². The quantitative estimate of drug-likeness (QED) is 0.861. The summed E-state index contributed by atoms with van der Waals surface area (Å²) in [6.07, 6.45) is 2.76. The van der Waals surface area contributed by atoms with Crippen molar-refractivity contribution in [1.82, 2.24) is 9.97 Å². The van der Waals surface area contributed by atoms with Gasteiger partial charge in [-0.05, 0) is 19.1 Å². The van der Waals surface area contributed by atoms with Gasteiger partial charge < -0.3 is 5.32 Å². The molecular weight excluding hydrogens is 221 g/mol. The van der Waals surface area contributed by atoms with E-state index >= 15 is 0 Å². The molecule has 4 nitrogen and oxygen atoms in total. The van der Waals surface area contributed by atoms with Crippen LogP contribution in [0.3, 0.4) is 0 Å². The molecule has 0 aliphatic rings. The minimum absolute atomic E-state index is 0.140. The molecule has 2 aromatic rings. The molecule has 0 radical (unpaired) electrons. The SMILES string of the molecule is Cc1ncncc1C(=O)Nc1ccccc1F. The number of halogens is 1. The Balaban J connectivity index is 2.24. The average molecular weight is 231 g/mol. The first-order chi connectivity index (χ1) is 8.18. The lowest BCUT2D eigenvalue weighted by molar-refractivity contribution is 0.102. The van der Waals surface area contributed by atoms with E-state index in [1.165, 1.54) is 24.7 Å². The Hall–Kier alpha value is -2.30. The third kappa shape index (κ3) is 2.44. The predicted molar refractivity (Wildman–Crippen MR) is 61.1 cm³/mol. The number of benzene rings is 1. The van der Waals surface area contributed by atoms with Crippen LogP contribution in [0.15, 0.2) is 36.8 Å². The number of para-hydroxylation sites is 1.